The Bertz CT molecular complexity index is 653. The standard InChI is InChI=1S/C13H13F3N4S/c14-13(15,16)11-18-19-12(20(11)17)21-10-7-3-5-8-4-1-2-6-9(8)10/h1-2,4,6,10H,3,5,7,17H2/t10-/m1/s1. The number of benzene rings is 1. The lowest BCUT2D eigenvalue weighted by molar-refractivity contribution is -0.146. The molecule has 21 heavy (non-hydrogen) atoms. The molecule has 2 N–H and O–H groups in total. The van der Waals surface area contributed by atoms with Crippen LogP contribution in [0.5, 0.6) is 0 Å². The summed E-state index contributed by atoms with van der Waals surface area (Å²) in [7, 11) is 0. The lowest BCUT2D eigenvalue weighted by atomic mass is 9.91. The van der Waals surface area contributed by atoms with Crippen molar-refractivity contribution in [2.45, 2.75) is 35.8 Å². The second kappa shape index (κ2) is 5.25. The van der Waals surface area contributed by atoms with Crippen molar-refractivity contribution in [2.24, 2.45) is 0 Å². The molecule has 1 aliphatic carbocycles. The van der Waals surface area contributed by atoms with Crippen molar-refractivity contribution < 1.29 is 13.2 Å². The highest BCUT2D eigenvalue weighted by Crippen LogP contribution is 2.43. The summed E-state index contributed by atoms with van der Waals surface area (Å²) in [5.74, 6) is 4.31. The second-order valence-corrected chi connectivity index (χ2v) is 6.04. The van der Waals surface area contributed by atoms with Crippen LogP contribution in [0.15, 0.2) is 29.4 Å². The SMILES string of the molecule is Nn1c(S[C@@H]2CCCc3ccccc32)nnc1C(F)(F)F. The first-order valence-corrected chi connectivity index (χ1v) is 7.37. The van der Waals surface area contributed by atoms with Gasteiger partial charge in [-0.3, -0.25) is 0 Å². The summed E-state index contributed by atoms with van der Waals surface area (Å²) >= 11 is 1.24. The fraction of sp³-hybridized carbons (Fsp3) is 0.385. The van der Waals surface area contributed by atoms with Crippen LogP contribution in [0.25, 0.3) is 0 Å². The lowest BCUT2D eigenvalue weighted by Gasteiger charge is -2.24. The fourth-order valence-corrected chi connectivity index (χ4v) is 3.69. The first-order chi connectivity index (χ1) is 9.97. The highest BCUT2D eigenvalue weighted by atomic mass is 32.2. The predicted octanol–water partition coefficient (Wildman–Crippen LogP) is 3.18. The van der Waals surface area contributed by atoms with Crippen LogP contribution in [0.3, 0.4) is 0 Å². The van der Waals surface area contributed by atoms with Gasteiger partial charge in [0.2, 0.25) is 5.16 Å². The molecule has 2 aromatic rings. The third-order valence-electron chi connectivity index (χ3n) is 3.48. The molecule has 0 bridgehead atoms. The number of rotatable bonds is 2. The maximum atomic E-state index is 12.7. The van der Waals surface area contributed by atoms with Gasteiger partial charge in [0.25, 0.3) is 5.82 Å². The summed E-state index contributed by atoms with van der Waals surface area (Å²) in [6.45, 7) is 0. The Balaban J connectivity index is 1.87. The molecule has 8 heteroatoms. The Hall–Kier alpha value is -1.70. The molecule has 1 atom stereocenters. The first kappa shape index (κ1) is 14.2. The van der Waals surface area contributed by atoms with Crippen LogP contribution in [0.1, 0.15) is 35.0 Å². The van der Waals surface area contributed by atoms with Crippen molar-refractivity contribution in [1.29, 1.82) is 0 Å². The number of hydrogen-bond acceptors (Lipinski definition) is 4. The molecule has 4 nitrogen and oxygen atoms in total. The maximum Gasteiger partial charge on any atom is 0.453 e. The van der Waals surface area contributed by atoms with E-state index < -0.39 is 12.0 Å². The van der Waals surface area contributed by atoms with E-state index in [0.29, 0.717) is 4.68 Å². The Morgan fingerprint density at radius 3 is 2.71 bits per heavy atom. The topological polar surface area (TPSA) is 56.7 Å². The number of nitrogen functional groups attached to an aromatic ring is 1. The zero-order chi connectivity index (χ0) is 15.0. The molecule has 0 radical (unpaired) electrons. The molecule has 1 aromatic heterocycles. The van der Waals surface area contributed by atoms with Crippen LogP contribution in [0, 0.1) is 0 Å². The molecule has 0 amide bonds. The molecule has 112 valence electrons. The summed E-state index contributed by atoms with van der Waals surface area (Å²) in [5.41, 5.74) is 2.38. The molecule has 0 spiro atoms. The largest absolute Gasteiger partial charge is 0.453 e. The summed E-state index contributed by atoms with van der Waals surface area (Å²) < 4.78 is 38.5. The number of aryl methyl sites for hydroxylation is 1. The zero-order valence-corrected chi connectivity index (χ0v) is 11.8. The van der Waals surface area contributed by atoms with E-state index in [1.54, 1.807) is 0 Å². The number of nitrogens with two attached hydrogens (primary N) is 1. The highest BCUT2D eigenvalue weighted by Gasteiger charge is 2.38. The van der Waals surface area contributed by atoms with Gasteiger partial charge in [0.15, 0.2) is 0 Å². The monoisotopic (exact) mass is 314 g/mol. The van der Waals surface area contributed by atoms with Crippen molar-refractivity contribution in [3.05, 3.63) is 41.2 Å². The van der Waals surface area contributed by atoms with Gasteiger partial charge in [-0.2, -0.15) is 13.2 Å². The number of alkyl halides is 3. The van der Waals surface area contributed by atoms with Gasteiger partial charge >= 0.3 is 6.18 Å². The van der Waals surface area contributed by atoms with Crippen molar-refractivity contribution in [2.75, 3.05) is 5.84 Å². The van der Waals surface area contributed by atoms with Crippen molar-refractivity contribution in [3.8, 4) is 0 Å². The van der Waals surface area contributed by atoms with Crippen LogP contribution in [0.4, 0.5) is 13.2 Å². The van der Waals surface area contributed by atoms with Gasteiger partial charge < -0.3 is 5.84 Å². The van der Waals surface area contributed by atoms with E-state index in [1.165, 1.54) is 17.3 Å². The Morgan fingerprint density at radius 1 is 1.24 bits per heavy atom. The van der Waals surface area contributed by atoms with Crippen LogP contribution in [-0.4, -0.2) is 14.9 Å². The van der Waals surface area contributed by atoms with Gasteiger partial charge in [0, 0.05) is 5.25 Å². The van der Waals surface area contributed by atoms with Crippen LogP contribution in [0.2, 0.25) is 0 Å². The molecule has 0 unspecified atom stereocenters. The van der Waals surface area contributed by atoms with E-state index in [4.69, 9.17) is 5.84 Å². The smallest absolute Gasteiger partial charge is 0.335 e. The minimum Gasteiger partial charge on any atom is -0.335 e. The minimum atomic E-state index is -4.59. The Kier molecular flexibility index (Phi) is 3.56. The second-order valence-electron chi connectivity index (χ2n) is 4.87. The van der Waals surface area contributed by atoms with E-state index in [0.717, 1.165) is 24.8 Å². The fourth-order valence-electron chi connectivity index (χ4n) is 2.51. The van der Waals surface area contributed by atoms with Gasteiger partial charge in [-0.25, -0.2) is 4.68 Å². The van der Waals surface area contributed by atoms with E-state index in [2.05, 4.69) is 16.3 Å². The Morgan fingerprint density at radius 2 is 2.00 bits per heavy atom. The molecular formula is C13H13F3N4S. The summed E-state index contributed by atoms with van der Waals surface area (Å²) in [6.07, 6.45) is -1.71. The number of nitrogens with zero attached hydrogens (tertiary/aromatic N) is 3. The minimum absolute atomic E-state index is 0.0579. The number of fused-ring (bicyclic) bond motifs is 1. The maximum absolute atomic E-state index is 12.7. The predicted molar refractivity (Wildman–Crippen MR) is 73.2 cm³/mol. The van der Waals surface area contributed by atoms with Crippen LogP contribution in [-0.2, 0) is 12.6 Å². The lowest BCUT2D eigenvalue weighted by Crippen LogP contribution is -2.21. The molecule has 0 fully saturated rings. The Labute approximate surface area is 123 Å². The number of halogens is 3. The van der Waals surface area contributed by atoms with E-state index in [9.17, 15) is 13.2 Å². The van der Waals surface area contributed by atoms with Gasteiger partial charge in [0.05, 0.1) is 0 Å². The summed E-state index contributed by atoms with van der Waals surface area (Å²) in [6, 6.07) is 7.97. The van der Waals surface area contributed by atoms with E-state index in [1.807, 2.05) is 18.2 Å². The molecule has 0 saturated carbocycles. The van der Waals surface area contributed by atoms with Gasteiger partial charge in [-0.05, 0) is 30.4 Å². The first-order valence-electron chi connectivity index (χ1n) is 6.49. The average Bonchev–Trinajstić information content (AvgIpc) is 2.81. The number of thioether (sulfide) groups is 1. The van der Waals surface area contributed by atoms with Crippen molar-refractivity contribution in [1.82, 2.24) is 14.9 Å². The molecule has 1 aliphatic rings. The van der Waals surface area contributed by atoms with Gasteiger partial charge in [-0.1, -0.05) is 36.0 Å². The van der Waals surface area contributed by atoms with E-state index in [-0.39, 0.29) is 10.4 Å². The van der Waals surface area contributed by atoms with Gasteiger partial charge in [-0.15, -0.1) is 10.2 Å². The normalized spacial score (nSPS) is 18.5. The van der Waals surface area contributed by atoms with Crippen LogP contribution >= 0.6 is 11.8 Å². The third kappa shape index (κ3) is 2.72. The zero-order valence-electron chi connectivity index (χ0n) is 11.0. The van der Waals surface area contributed by atoms with Crippen LogP contribution < -0.4 is 5.84 Å². The molecular weight excluding hydrogens is 301 g/mol. The average molecular weight is 314 g/mol. The summed E-state index contributed by atoms with van der Waals surface area (Å²) in [4.78, 5) is 0. The molecule has 1 aromatic carbocycles. The molecule has 0 saturated heterocycles. The van der Waals surface area contributed by atoms with E-state index >= 15 is 0 Å². The van der Waals surface area contributed by atoms with Gasteiger partial charge in [0.1, 0.15) is 0 Å². The number of aromatic nitrogens is 3. The highest BCUT2D eigenvalue weighted by molar-refractivity contribution is 7.99. The molecule has 3 rings (SSSR count). The molecule has 1 heterocycles. The third-order valence-corrected chi connectivity index (χ3v) is 4.74. The molecule has 0 aliphatic heterocycles. The summed E-state index contributed by atoms with van der Waals surface area (Å²) in [5, 5.41) is 6.88. The van der Waals surface area contributed by atoms with Crippen molar-refractivity contribution >= 4 is 11.8 Å². The quantitative estimate of drug-likeness (QED) is 0.865. The number of hydrogen-bond donors (Lipinski definition) is 1. The van der Waals surface area contributed by atoms with Crippen molar-refractivity contribution in [3.63, 3.8) is 0 Å².